The van der Waals surface area contributed by atoms with Crippen LogP contribution >= 0.6 is 11.3 Å². The summed E-state index contributed by atoms with van der Waals surface area (Å²) in [5.74, 6) is -1.05. The molecule has 0 fully saturated rings. The number of aromatic amines is 1. The molecule has 130 valence electrons. The summed E-state index contributed by atoms with van der Waals surface area (Å²) >= 11 is 0.635. The van der Waals surface area contributed by atoms with Crippen LogP contribution in [0.5, 0.6) is 0 Å². The number of halogens is 4. The molecule has 0 aliphatic carbocycles. The van der Waals surface area contributed by atoms with E-state index in [2.05, 4.69) is 25.7 Å². The van der Waals surface area contributed by atoms with Gasteiger partial charge in [-0.15, -0.1) is 10.2 Å². The van der Waals surface area contributed by atoms with Crippen molar-refractivity contribution in [2.45, 2.75) is 12.6 Å². The standard InChI is InChI=1S/C14H9F4N5OS/c15-8-3-1-7(2-4-8)11-9(6-19-22-11)12(24)20-13-23-21-10(25-13)5-14(16,17)18/h1-4,6H,5H2,(H,19,22)(H,20,23,24). The van der Waals surface area contributed by atoms with Gasteiger partial charge >= 0.3 is 6.18 Å². The second-order valence-corrected chi connectivity index (χ2v) is 5.97. The van der Waals surface area contributed by atoms with Crippen LogP contribution in [0.1, 0.15) is 15.4 Å². The van der Waals surface area contributed by atoms with Gasteiger partial charge in [0.1, 0.15) is 10.8 Å². The molecule has 1 aromatic carbocycles. The second-order valence-electron chi connectivity index (χ2n) is 4.91. The van der Waals surface area contributed by atoms with Crippen molar-refractivity contribution < 1.29 is 22.4 Å². The summed E-state index contributed by atoms with van der Waals surface area (Å²) in [5.41, 5.74) is 1.01. The van der Waals surface area contributed by atoms with Gasteiger partial charge in [0.05, 0.1) is 23.9 Å². The maximum atomic E-state index is 13.0. The molecule has 0 aliphatic rings. The van der Waals surface area contributed by atoms with Crippen LogP contribution in [-0.4, -0.2) is 32.5 Å². The highest BCUT2D eigenvalue weighted by molar-refractivity contribution is 7.15. The Balaban J connectivity index is 1.77. The van der Waals surface area contributed by atoms with Crippen molar-refractivity contribution in [3.63, 3.8) is 0 Å². The smallest absolute Gasteiger partial charge is 0.296 e. The number of alkyl halides is 3. The number of rotatable bonds is 4. The maximum absolute atomic E-state index is 13.0. The molecule has 1 amide bonds. The van der Waals surface area contributed by atoms with Gasteiger partial charge in [-0.1, -0.05) is 11.3 Å². The number of anilines is 1. The number of carbonyl (C=O) groups is 1. The molecule has 0 radical (unpaired) electrons. The first kappa shape index (κ1) is 17.0. The Hall–Kier alpha value is -2.82. The van der Waals surface area contributed by atoms with Gasteiger partial charge in [0, 0.05) is 5.56 Å². The highest BCUT2D eigenvalue weighted by atomic mass is 32.1. The fourth-order valence-corrected chi connectivity index (χ4v) is 2.77. The van der Waals surface area contributed by atoms with E-state index < -0.39 is 24.3 Å². The van der Waals surface area contributed by atoms with Crippen LogP contribution in [0, 0.1) is 5.82 Å². The number of carbonyl (C=O) groups excluding carboxylic acids is 1. The minimum Gasteiger partial charge on any atom is -0.296 e. The van der Waals surface area contributed by atoms with Crippen molar-refractivity contribution in [3.8, 4) is 11.3 Å². The predicted octanol–water partition coefficient (Wildman–Crippen LogP) is 3.42. The lowest BCUT2D eigenvalue weighted by Crippen LogP contribution is -2.12. The van der Waals surface area contributed by atoms with Crippen LogP contribution < -0.4 is 5.32 Å². The normalized spacial score (nSPS) is 11.5. The zero-order valence-corrected chi connectivity index (χ0v) is 13.1. The van der Waals surface area contributed by atoms with Gasteiger partial charge in [-0.3, -0.25) is 15.2 Å². The van der Waals surface area contributed by atoms with Crippen LogP contribution in [0.3, 0.4) is 0 Å². The lowest BCUT2D eigenvalue weighted by Gasteiger charge is -2.03. The van der Waals surface area contributed by atoms with Crippen LogP contribution in [-0.2, 0) is 6.42 Å². The Morgan fingerprint density at radius 3 is 2.60 bits per heavy atom. The highest BCUT2D eigenvalue weighted by Crippen LogP contribution is 2.26. The van der Waals surface area contributed by atoms with Gasteiger partial charge in [-0.05, 0) is 24.3 Å². The number of aromatic nitrogens is 4. The molecule has 0 bridgehead atoms. The van der Waals surface area contributed by atoms with Gasteiger partial charge < -0.3 is 0 Å². The summed E-state index contributed by atoms with van der Waals surface area (Å²) in [7, 11) is 0. The second kappa shape index (κ2) is 6.59. The molecular weight excluding hydrogens is 362 g/mol. The molecule has 2 aromatic heterocycles. The molecule has 0 aliphatic heterocycles. The maximum Gasteiger partial charge on any atom is 0.395 e. The number of amides is 1. The average molecular weight is 371 g/mol. The topological polar surface area (TPSA) is 83.6 Å². The number of nitrogens with one attached hydrogen (secondary N) is 2. The van der Waals surface area contributed by atoms with Crippen molar-refractivity contribution >= 4 is 22.4 Å². The molecule has 3 rings (SSSR count). The fraction of sp³-hybridized carbons (Fsp3) is 0.143. The van der Waals surface area contributed by atoms with Crippen molar-refractivity contribution in [2.75, 3.05) is 5.32 Å². The molecular formula is C14H9F4N5OS. The summed E-state index contributed by atoms with van der Waals surface area (Å²) in [4.78, 5) is 12.3. The molecule has 0 saturated carbocycles. The molecule has 0 atom stereocenters. The third-order valence-electron chi connectivity index (χ3n) is 3.06. The molecule has 2 N–H and O–H groups in total. The van der Waals surface area contributed by atoms with Crippen LogP contribution in [0.4, 0.5) is 22.7 Å². The Morgan fingerprint density at radius 1 is 1.20 bits per heavy atom. The third-order valence-corrected chi connectivity index (χ3v) is 3.89. The molecule has 6 nitrogen and oxygen atoms in total. The first-order valence-electron chi connectivity index (χ1n) is 6.81. The summed E-state index contributed by atoms with van der Waals surface area (Å²) in [6.45, 7) is 0. The van der Waals surface area contributed by atoms with E-state index in [0.29, 0.717) is 22.6 Å². The first-order chi connectivity index (χ1) is 11.8. The zero-order chi connectivity index (χ0) is 18.0. The number of H-pyrrole nitrogens is 1. The van der Waals surface area contributed by atoms with E-state index in [1.807, 2.05) is 0 Å². The van der Waals surface area contributed by atoms with Crippen LogP contribution in [0.2, 0.25) is 0 Å². The largest absolute Gasteiger partial charge is 0.395 e. The molecule has 0 saturated heterocycles. The monoisotopic (exact) mass is 371 g/mol. The molecule has 25 heavy (non-hydrogen) atoms. The summed E-state index contributed by atoms with van der Waals surface area (Å²) in [6, 6.07) is 5.38. The van der Waals surface area contributed by atoms with Crippen molar-refractivity contribution in [1.82, 2.24) is 20.4 Å². The van der Waals surface area contributed by atoms with Gasteiger partial charge in [0.15, 0.2) is 0 Å². The van der Waals surface area contributed by atoms with E-state index in [0.717, 1.165) is 0 Å². The molecule has 0 unspecified atom stereocenters. The van der Waals surface area contributed by atoms with E-state index in [-0.39, 0.29) is 15.7 Å². The zero-order valence-electron chi connectivity index (χ0n) is 12.3. The third kappa shape index (κ3) is 4.18. The van der Waals surface area contributed by atoms with E-state index in [9.17, 15) is 22.4 Å². The van der Waals surface area contributed by atoms with Crippen LogP contribution in [0.25, 0.3) is 11.3 Å². The number of nitrogens with zero attached hydrogens (tertiary/aromatic N) is 3. The number of benzene rings is 1. The molecule has 2 heterocycles. The molecule has 11 heteroatoms. The van der Waals surface area contributed by atoms with Gasteiger partial charge in [0.2, 0.25) is 5.13 Å². The van der Waals surface area contributed by atoms with E-state index in [1.54, 1.807) is 0 Å². The van der Waals surface area contributed by atoms with Crippen LogP contribution in [0.15, 0.2) is 30.5 Å². The average Bonchev–Trinajstić information content (AvgIpc) is 3.16. The van der Waals surface area contributed by atoms with E-state index in [1.165, 1.54) is 30.5 Å². The highest BCUT2D eigenvalue weighted by Gasteiger charge is 2.30. The Kier molecular flexibility index (Phi) is 4.49. The quantitative estimate of drug-likeness (QED) is 0.689. The van der Waals surface area contributed by atoms with E-state index >= 15 is 0 Å². The lowest BCUT2D eigenvalue weighted by molar-refractivity contribution is -0.127. The summed E-state index contributed by atoms with van der Waals surface area (Å²) in [5, 5.41) is 15.4. The van der Waals surface area contributed by atoms with Gasteiger partial charge in [0.25, 0.3) is 5.91 Å². The van der Waals surface area contributed by atoms with Gasteiger partial charge in [-0.25, -0.2) is 4.39 Å². The van der Waals surface area contributed by atoms with Crippen molar-refractivity contribution in [1.29, 1.82) is 0 Å². The Morgan fingerprint density at radius 2 is 1.92 bits per heavy atom. The molecule has 3 aromatic rings. The Labute approximate surface area is 141 Å². The SMILES string of the molecule is O=C(Nc1nnc(CC(F)(F)F)s1)c1cn[nH]c1-c1ccc(F)cc1. The minimum absolute atomic E-state index is 0.0597. The Bertz CT molecular complexity index is 887. The van der Waals surface area contributed by atoms with Gasteiger partial charge in [-0.2, -0.15) is 18.3 Å². The fourth-order valence-electron chi connectivity index (χ4n) is 2.01. The minimum atomic E-state index is -4.40. The number of hydrogen-bond donors (Lipinski definition) is 2. The summed E-state index contributed by atoms with van der Waals surface area (Å²) < 4.78 is 49.9. The van der Waals surface area contributed by atoms with Crippen molar-refractivity contribution in [2.24, 2.45) is 0 Å². The summed E-state index contributed by atoms with van der Waals surface area (Å²) in [6.07, 6.45) is -4.36. The first-order valence-corrected chi connectivity index (χ1v) is 7.63. The number of hydrogen-bond acceptors (Lipinski definition) is 5. The van der Waals surface area contributed by atoms with E-state index in [4.69, 9.17) is 0 Å². The lowest BCUT2D eigenvalue weighted by atomic mass is 10.1. The van der Waals surface area contributed by atoms with Crippen molar-refractivity contribution in [3.05, 3.63) is 46.9 Å². The predicted molar refractivity (Wildman–Crippen MR) is 81.6 cm³/mol. The molecule has 0 spiro atoms.